The summed E-state index contributed by atoms with van der Waals surface area (Å²) in [6.45, 7) is 2.84. The van der Waals surface area contributed by atoms with Gasteiger partial charge in [0.15, 0.2) is 0 Å². The minimum atomic E-state index is -0.280. The average Bonchev–Trinajstić information content (AvgIpc) is 2.73. The third-order valence-corrected chi connectivity index (χ3v) is 4.16. The van der Waals surface area contributed by atoms with E-state index in [1.54, 1.807) is 25.3 Å². The second-order valence-corrected chi connectivity index (χ2v) is 6.37. The number of hydrogen-bond donors (Lipinski definition) is 2. The molecule has 0 aliphatic carbocycles. The van der Waals surface area contributed by atoms with Crippen molar-refractivity contribution in [2.24, 2.45) is 0 Å². The van der Waals surface area contributed by atoms with Gasteiger partial charge >= 0.3 is 6.03 Å². The van der Waals surface area contributed by atoms with E-state index in [4.69, 9.17) is 4.74 Å². The molecular weight excluding hydrogens is 357 g/mol. The van der Waals surface area contributed by atoms with Crippen LogP contribution in [-0.2, 0) is 19.7 Å². The minimum Gasteiger partial charge on any atom is -0.487 e. The molecule has 0 radical (unpaired) electrons. The Morgan fingerprint density at radius 3 is 2.39 bits per heavy atom. The molecule has 0 aliphatic heterocycles. The molecule has 0 fully saturated rings. The number of aromatic nitrogens is 1. The van der Waals surface area contributed by atoms with Crippen molar-refractivity contribution >= 4 is 6.03 Å². The summed E-state index contributed by atoms with van der Waals surface area (Å²) in [5, 5.41) is 5.56. The van der Waals surface area contributed by atoms with Crippen molar-refractivity contribution in [1.29, 1.82) is 0 Å². The molecule has 0 bridgehead atoms. The molecule has 3 rings (SSSR count). The fraction of sp³-hybridized carbons (Fsp3) is 0.182. The van der Waals surface area contributed by atoms with Crippen molar-refractivity contribution in [3.8, 4) is 5.75 Å². The summed E-state index contributed by atoms with van der Waals surface area (Å²) in [5.74, 6) is 0.492. The second-order valence-electron chi connectivity index (χ2n) is 6.37. The van der Waals surface area contributed by atoms with Gasteiger partial charge in [-0.2, -0.15) is 0 Å². The Hall–Kier alpha value is -3.41. The average molecular weight is 379 g/mol. The number of urea groups is 1. The quantitative estimate of drug-likeness (QED) is 0.649. The van der Waals surface area contributed by atoms with E-state index in [-0.39, 0.29) is 11.8 Å². The predicted molar refractivity (Wildman–Crippen MR) is 105 cm³/mol. The lowest BCUT2D eigenvalue weighted by Crippen LogP contribution is -2.34. The molecule has 2 aromatic carbocycles. The number of rotatable bonds is 7. The van der Waals surface area contributed by atoms with Gasteiger partial charge in [-0.05, 0) is 53.9 Å². The van der Waals surface area contributed by atoms with E-state index < -0.39 is 0 Å². The topological polar surface area (TPSA) is 63.2 Å². The van der Waals surface area contributed by atoms with Gasteiger partial charge in [-0.25, -0.2) is 9.18 Å². The fourth-order valence-corrected chi connectivity index (χ4v) is 2.59. The number of carbonyl (C=O) groups excluding carboxylic acids is 1. The number of ether oxygens (including phenoxy) is 1. The van der Waals surface area contributed by atoms with Gasteiger partial charge in [0.1, 0.15) is 18.2 Å². The highest BCUT2D eigenvalue weighted by Crippen LogP contribution is 2.14. The molecule has 5 nitrogen and oxygen atoms in total. The van der Waals surface area contributed by atoms with Gasteiger partial charge in [0.05, 0.1) is 5.69 Å². The van der Waals surface area contributed by atoms with E-state index in [0.717, 1.165) is 22.6 Å². The monoisotopic (exact) mass is 379 g/mol. The number of hydrogen-bond acceptors (Lipinski definition) is 3. The van der Waals surface area contributed by atoms with Gasteiger partial charge in [-0.1, -0.05) is 30.3 Å². The van der Waals surface area contributed by atoms with E-state index in [2.05, 4.69) is 15.6 Å². The number of benzene rings is 2. The van der Waals surface area contributed by atoms with Crippen LogP contribution in [0.25, 0.3) is 0 Å². The smallest absolute Gasteiger partial charge is 0.315 e. The first-order valence-electron chi connectivity index (χ1n) is 8.98. The maximum Gasteiger partial charge on any atom is 0.315 e. The predicted octanol–water partition coefficient (Wildman–Crippen LogP) is 4.11. The minimum absolute atomic E-state index is 0.249. The molecule has 0 unspecified atom stereocenters. The molecule has 28 heavy (non-hydrogen) atoms. The van der Waals surface area contributed by atoms with Crippen molar-refractivity contribution in [3.05, 3.63) is 95.1 Å². The molecule has 2 N–H and O–H groups in total. The first-order valence-corrected chi connectivity index (χ1v) is 8.98. The van der Waals surface area contributed by atoms with Gasteiger partial charge in [0, 0.05) is 19.3 Å². The Balaban J connectivity index is 1.41. The van der Waals surface area contributed by atoms with Crippen molar-refractivity contribution in [3.63, 3.8) is 0 Å². The maximum atomic E-state index is 13.3. The van der Waals surface area contributed by atoms with Crippen LogP contribution in [-0.4, -0.2) is 11.0 Å². The zero-order valence-corrected chi connectivity index (χ0v) is 15.6. The third-order valence-electron chi connectivity index (χ3n) is 4.16. The summed E-state index contributed by atoms with van der Waals surface area (Å²) in [7, 11) is 0. The van der Waals surface area contributed by atoms with E-state index in [0.29, 0.717) is 25.3 Å². The van der Waals surface area contributed by atoms with Gasteiger partial charge in [0.2, 0.25) is 0 Å². The Bertz CT molecular complexity index is 915. The number of pyridine rings is 1. The highest BCUT2D eigenvalue weighted by molar-refractivity contribution is 5.73. The zero-order valence-electron chi connectivity index (χ0n) is 15.6. The number of carbonyl (C=O) groups is 1. The van der Waals surface area contributed by atoms with Crippen LogP contribution in [0.2, 0.25) is 0 Å². The summed E-state index contributed by atoms with van der Waals surface area (Å²) in [5.41, 5.74) is 3.23. The number of nitrogens with zero attached hydrogens (tertiary/aromatic N) is 1. The lowest BCUT2D eigenvalue weighted by molar-refractivity contribution is 0.240. The number of amides is 2. The third kappa shape index (κ3) is 5.81. The van der Waals surface area contributed by atoms with Crippen LogP contribution in [0.3, 0.4) is 0 Å². The molecule has 0 aliphatic rings. The molecular formula is C22H22FN3O2. The Kier molecular flexibility index (Phi) is 6.57. The Labute approximate surface area is 163 Å². The van der Waals surface area contributed by atoms with Crippen molar-refractivity contribution in [1.82, 2.24) is 15.6 Å². The van der Waals surface area contributed by atoms with Gasteiger partial charge < -0.3 is 15.4 Å². The highest BCUT2D eigenvalue weighted by atomic mass is 19.1. The fourth-order valence-electron chi connectivity index (χ4n) is 2.59. The molecule has 0 atom stereocenters. The van der Waals surface area contributed by atoms with E-state index in [1.165, 1.54) is 6.07 Å². The Morgan fingerprint density at radius 1 is 1.00 bits per heavy atom. The van der Waals surface area contributed by atoms with Crippen molar-refractivity contribution in [2.75, 3.05) is 0 Å². The number of aryl methyl sites for hydroxylation is 1. The van der Waals surface area contributed by atoms with Crippen LogP contribution in [0.15, 0.2) is 66.9 Å². The van der Waals surface area contributed by atoms with Crippen LogP contribution >= 0.6 is 0 Å². The van der Waals surface area contributed by atoms with Crippen LogP contribution in [0.4, 0.5) is 9.18 Å². The molecule has 0 saturated carbocycles. The summed E-state index contributed by atoms with van der Waals surface area (Å²) < 4.78 is 18.9. The zero-order chi connectivity index (χ0) is 19.8. The SMILES string of the molecule is Cc1cc(CNC(=O)NCc2ccc(OCc3ccccn3)cc2)ccc1F. The highest BCUT2D eigenvalue weighted by Gasteiger charge is 2.04. The Morgan fingerprint density at radius 2 is 1.71 bits per heavy atom. The van der Waals surface area contributed by atoms with E-state index in [1.807, 2.05) is 42.5 Å². The van der Waals surface area contributed by atoms with E-state index >= 15 is 0 Å². The number of nitrogens with one attached hydrogen (secondary N) is 2. The normalized spacial score (nSPS) is 10.4. The molecule has 1 aromatic heterocycles. The van der Waals surface area contributed by atoms with Crippen LogP contribution in [0.5, 0.6) is 5.75 Å². The largest absolute Gasteiger partial charge is 0.487 e. The molecule has 3 aromatic rings. The lowest BCUT2D eigenvalue weighted by atomic mass is 10.1. The molecule has 2 amide bonds. The molecule has 1 heterocycles. The summed E-state index contributed by atoms with van der Waals surface area (Å²) in [4.78, 5) is 16.2. The molecule has 0 spiro atoms. The van der Waals surface area contributed by atoms with Gasteiger partial charge in [0.25, 0.3) is 0 Å². The number of halogens is 1. The van der Waals surface area contributed by atoms with Gasteiger partial charge in [-0.15, -0.1) is 0 Å². The second kappa shape index (κ2) is 9.50. The van der Waals surface area contributed by atoms with Crippen molar-refractivity contribution in [2.45, 2.75) is 26.6 Å². The lowest BCUT2D eigenvalue weighted by Gasteiger charge is -2.10. The standard InChI is InChI=1S/C22H22FN3O2/c1-16-12-18(7-10-21(16)23)14-26-22(27)25-13-17-5-8-20(9-6-17)28-15-19-4-2-3-11-24-19/h2-12H,13-15H2,1H3,(H2,25,26,27). The first-order chi connectivity index (χ1) is 13.6. The van der Waals surface area contributed by atoms with E-state index in [9.17, 15) is 9.18 Å². The first kappa shape index (κ1) is 19.4. The molecule has 144 valence electrons. The summed E-state index contributed by atoms with van der Waals surface area (Å²) >= 11 is 0. The maximum absolute atomic E-state index is 13.3. The van der Waals surface area contributed by atoms with Crippen LogP contribution in [0.1, 0.15) is 22.4 Å². The van der Waals surface area contributed by atoms with Crippen molar-refractivity contribution < 1.29 is 13.9 Å². The summed E-state index contributed by atoms with van der Waals surface area (Å²) in [6.07, 6.45) is 1.73. The van der Waals surface area contributed by atoms with Gasteiger partial charge in [-0.3, -0.25) is 4.98 Å². The van der Waals surface area contributed by atoms with Crippen LogP contribution < -0.4 is 15.4 Å². The molecule has 0 saturated heterocycles. The molecule has 6 heteroatoms. The van der Waals surface area contributed by atoms with Crippen LogP contribution in [0, 0.1) is 12.7 Å². The summed E-state index contributed by atoms with van der Waals surface area (Å²) in [6, 6.07) is 17.7.